The van der Waals surface area contributed by atoms with Gasteiger partial charge in [-0.15, -0.1) is 0 Å². The van der Waals surface area contributed by atoms with E-state index >= 15 is 0 Å². The Morgan fingerprint density at radius 3 is 3.24 bits per heavy atom. The molecule has 3 rings (SSSR count). The summed E-state index contributed by atoms with van der Waals surface area (Å²) in [6.45, 7) is 4.41. The minimum Gasteiger partial charge on any atom is -0.381 e. The molecule has 1 N–H and O–H groups in total. The van der Waals surface area contributed by atoms with Gasteiger partial charge in [-0.3, -0.25) is 4.79 Å². The van der Waals surface area contributed by atoms with Crippen LogP contribution in [0.15, 0.2) is 24.4 Å². The topological polar surface area (TPSA) is 55.6 Å². The van der Waals surface area contributed by atoms with Gasteiger partial charge in [0.15, 0.2) is 5.69 Å². The SMILES string of the molecule is Cc1ccn2nc(C(=O)NCC[C@@H]3CCCOC3)cc2c1. The summed E-state index contributed by atoms with van der Waals surface area (Å²) in [6.07, 6.45) is 5.17. The molecule has 1 saturated heterocycles. The fourth-order valence-electron chi connectivity index (χ4n) is 2.73. The van der Waals surface area contributed by atoms with Crippen molar-refractivity contribution in [1.29, 1.82) is 0 Å². The van der Waals surface area contributed by atoms with Crippen LogP contribution in [0.25, 0.3) is 5.52 Å². The van der Waals surface area contributed by atoms with E-state index in [1.807, 2.05) is 31.3 Å². The fraction of sp³-hybridized carbons (Fsp3) is 0.500. The van der Waals surface area contributed by atoms with E-state index in [9.17, 15) is 4.79 Å². The lowest BCUT2D eigenvalue weighted by Crippen LogP contribution is -2.28. The van der Waals surface area contributed by atoms with Crippen LogP contribution in [0.3, 0.4) is 0 Å². The lowest BCUT2D eigenvalue weighted by Gasteiger charge is -2.21. The molecule has 0 spiro atoms. The van der Waals surface area contributed by atoms with Gasteiger partial charge in [-0.05, 0) is 55.9 Å². The molecule has 0 radical (unpaired) electrons. The second-order valence-electron chi connectivity index (χ2n) is 5.73. The molecule has 0 saturated carbocycles. The molecule has 0 aliphatic carbocycles. The van der Waals surface area contributed by atoms with Gasteiger partial charge in [-0.1, -0.05) is 0 Å². The number of aromatic nitrogens is 2. The van der Waals surface area contributed by atoms with Crippen molar-refractivity contribution >= 4 is 11.4 Å². The predicted octanol–water partition coefficient (Wildman–Crippen LogP) is 2.19. The van der Waals surface area contributed by atoms with Crippen molar-refractivity contribution < 1.29 is 9.53 Å². The van der Waals surface area contributed by atoms with Gasteiger partial charge in [0.1, 0.15) is 0 Å². The number of amides is 1. The maximum atomic E-state index is 12.1. The number of carbonyl (C=O) groups excluding carboxylic acids is 1. The highest BCUT2D eigenvalue weighted by Gasteiger charge is 2.15. The monoisotopic (exact) mass is 287 g/mol. The molecule has 0 bridgehead atoms. The van der Waals surface area contributed by atoms with Gasteiger partial charge in [-0.2, -0.15) is 5.10 Å². The van der Waals surface area contributed by atoms with E-state index in [1.54, 1.807) is 4.52 Å². The average Bonchev–Trinajstić information content (AvgIpc) is 2.91. The Hall–Kier alpha value is -1.88. The zero-order chi connectivity index (χ0) is 14.7. The lowest BCUT2D eigenvalue weighted by atomic mass is 9.99. The maximum Gasteiger partial charge on any atom is 0.271 e. The molecule has 1 fully saturated rings. The first-order valence-electron chi connectivity index (χ1n) is 7.54. The second-order valence-corrected chi connectivity index (χ2v) is 5.73. The second kappa shape index (κ2) is 6.26. The lowest BCUT2D eigenvalue weighted by molar-refractivity contribution is 0.0514. The minimum absolute atomic E-state index is 0.104. The molecule has 112 valence electrons. The van der Waals surface area contributed by atoms with E-state index in [1.165, 1.54) is 6.42 Å². The minimum atomic E-state index is -0.104. The van der Waals surface area contributed by atoms with Gasteiger partial charge in [0.2, 0.25) is 0 Å². The quantitative estimate of drug-likeness (QED) is 0.938. The molecule has 5 heteroatoms. The van der Waals surface area contributed by atoms with Crippen molar-refractivity contribution in [2.24, 2.45) is 5.92 Å². The van der Waals surface area contributed by atoms with Gasteiger partial charge in [0.05, 0.1) is 5.52 Å². The predicted molar refractivity (Wildman–Crippen MR) is 80.4 cm³/mol. The first-order valence-corrected chi connectivity index (χ1v) is 7.54. The normalized spacial score (nSPS) is 18.8. The Kier molecular flexibility index (Phi) is 4.20. The van der Waals surface area contributed by atoms with E-state index < -0.39 is 0 Å². The Bertz CT molecular complexity index is 629. The molecular weight excluding hydrogens is 266 g/mol. The van der Waals surface area contributed by atoms with Crippen molar-refractivity contribution in [3.8, 4) is 0 Å². The van der Waals surface area contributed by atoms with Crippen molar-refractivity contribution in [2.75, 3.05) is 19.8 Å². The van der Waals surface area contributed by atoms with Crippen molar-refractivity contribution in [1.82, 2.24) is 14.9 Å². The molecule has 0 unspecified atom stereocenters. The maximum absolute atomic E-state index is 12.1. The van der Waals surface area contributed by atoms with Crippen molar-refractivity contribution in [3.05, 3.63) is 35.7 Å². The largest absolute Gasteiger partial charge is 0.381 e. The van der Waals surface area contributed by atoms with E-state index in [-0.39, 0.29) is 5.91 Å². The van der Waals surface area contributed by atoms with Crippen molar-refractivity contribution in [2.45, 2.75) is 26.2 Å². The van der Waals surface area contributed by atoms with Crippen LogP contribution in [0.4, 0.5) is 0 Å². The summed E-state index contributed by atoms with van der Waals surface area (Å²) in [5.74, 6) is 0.468. The summed E-state index contributed by atoms with van der Waals surface area (Å²) < 4.78 is 7.18. The number of carbonyl (C=O) groups is 1. The third-order valence-electron chi connectivity index (χ3n) is 3.94. The molecule has 0 aromatic carbocycles. The molecule has 1 aliphatic rings. The Labute approximate surface area is 124 Å². The molecule has 1 atom stereocenters. The highest BCUT2D eigenvalue weighted by Crippen LogP contribution is 2.16. The summed E-state index contributed by atoms with van der Waals surface area (Å²) in [6, 6.07) is 5.82. The summed E-state index contributed by atoms with van der Waals surface area (Å²) in [5.41, 5.74) is 2.58. The Morgan fingerprint density at radius 1 is 1.52 bits per heavy atom. The number of nitrogens with one attached hydrogen (secondary N) is 1. The van der Waals surface area contributed by atoms with Crippen LogP contribution in [0.2, 0.25) is 0 Å². The van der Waals surface area contributed by atoms with Crippen molar-refractivity contribution in [3.63, 3.8) is 0 Å². The van der Waals surface area contributed by atoms with Gasteiger partial charge in [0, 0.05) is 26.0 Å². The molecule has 2 aromatic heterocycles. The molecule has 5 nitrogen and oxygen atoms in total. The number of pyridine rings is 1. The highest BCUT2D eigenvalue weighted by atomic mass is 16.5. The molecule has 1 amide bonds. The van der Waals surface area contributed by atoms with Crippen LogP contribution in [0.5, 0.6) is 0 Å². The third-order valence-corrected chi connectivity index (χ3v) is 3.94. The number of nitrogens with zero attached hydrogens (tertiary/aromatic N) is 2. The van der Waals surface area contributed by atoms with Gasteiger partial charge >= 0.3 is 0 Å². The Morgan fingerprint density at radius 2 is 2.43 bits per heavy atom. The van der Waals surface area contributed by atoms with Crippen LogP contribution in [0.1, 0.15) is 35.3 Å². The summed E-state index contributed by atoms with van der Waals surface area (Å²) >= 11 is 0. The highest BCUT2D eigenvalue weighted by molar-refractivity contribution is 5.93. The van der Waals surface area contributed by atoms with E-state index in [0.717, 1.165) is 37.1 Å². The number of ether oxygens (including phenoxy) is 1. The first kappa shape index (κ1) is 14.1. The molecule has 1 aliphatic heterocycles. The smallest absolute Gasteiger partial charge is 0.271 e. The molecule has 3 heterocycles. The van der Waals surface area contributed by atoms with Crippen LogP contribution in [-0.2, 0) is 4.74 Å². The third kappa shape index (κ3) is 3.42. The van der Waals surface area contributed by atoms with Gasteiger partial charge in [0.25, 0.3) is 5.91 Å². The van der Waals surface area contributed by atoms with Crippen LogP contribution in [-0.4, -0.2) is 35.3 Å². The van der Waals surface area contributed by atoms with Crippen LogP contribution in [0, 0.1) is 12.8 Å². The summed E-state index contributed by atoms with van der Waals surface area (Å²) in [7, 11) is 0. The van der Waals surface area contributed by atoms with Gasteiger partial charge < -0.3 is 10.1 Å². The summed E-state index contributed by atoms with van der Waals surface area (Å²) in [4.78, 5) is 12.1. The number of rotatable bonds is 4. The standard InChI is InChI=1S/C16H21N3O2/c1-12-5-7-19-14(9-12)10-15(18-19)16(20)17-6-4-13-3-2-8-21-11-13/h5,7,9-10,13H,2-4,6,8,11H2,1H3,(H,17,20)/t13-/m0/s1. The van der Waals surface area contributed by atoms with E-state index in [4.69, 9.17) is 4.74 Å². The van der Waals surface area contributed by atoms with Crippen LogP contribution < -0.4 is 5.32 Å². The Balaban J connectivity index is 1.56. The number of fused-ring (bicyclic) bond motifs is 1. The molecule has 21 heavy (non-hydrogen) atoms. The van der Waals surface area contributed by atoms with E-state index in [2.05, 4.69) is 10.4 Å². The molecule has 2 aromatic rings. The van der Waals surface area contributed by atoms with Crippen LogP contribution >= 0.6 is 0 Å². The molecular formula is C16H21N3O2. The zero-order valence-electron chi connectivity index (χ0n) is 12.3. The first-order chi connectivity index (χ1) is 10.2. The summed E-state index contributed by atoms with van der Waals surface area (Å²) in [5, 5.41) is 7.25. The number of aryl methyl sites for hydroxylation is 1. The fourth-order valence-corrected chi connectivity index (χ4v) is 2.73. The zero-order valence-corrected chi connectivity index (χ0v) is 12.3. The average molecular weight is 287 g/mol. The van der Waals surface area contributed by atoms with Gasteiger partial charge in [-0.25, -0.2) is 4.52 Å². The number of hydrogen-bond acceptors (Lipinski definition) is 3. The number of hydrogen-bond donors (Lipinski definition) is 1. The van der Waals surface area contributed by atoms with E-state index in [0.29, 0.717) is 18.2 Å².